The molecule has 1 aromatic rings. The van der Waals surface area contributed by atoms with Crippen LogP contribution >= 0.6 is 23.2 Å². The second-order valence-electron chi connectivity index (χ2n) is 2.78. The Morgan fingerprint density at radius 1 is 1.06 bits per heavy atom. The fraction of sp³-hybridized carbons (Fsp3) is 0.143. The molecule has 3 nitrogen and oxygen atoms in total. The molecular weight excluding hydrogens is 330 g/mol. The van der Waals surface area contributed by atoms with Gasteiger partial charge in [-0.3, -0.25) is 0 Å². The summed E-state index contributed by atoms with van der Waals surface area (Å²) in [5, 5.41) is -2.37. The summed E-state index contributed by atoms with van der Waals surface area (Å²) in [5.74, 6) is -4.51. The zero-order chi connectivity index (χ0) is 14.3. The third-order valence-corrected chi connectivity index (χ3v) is 3.21. The van der Waals surface area contributed by atoms with Crippen LogP contribution in [0, 0.1) is 11.6 Å². The minimum atomic E-state index is -6.13. The van der Waals surface area contributed by atoms with Crippen molar-refractivity contribution in [3.8, 4) is 5.75 Å². The van der Waals surface area contributed by atoms with Gasteiger partial charge in [0.05, 0.1) is 0 Å². The summed E-state index contributed by atoms with van der Waals surface area (Å²) in [6.45, 7) is 0. The molecule has 0 saturated heterocycles. The first-order valence-electron chi connectivity index (χ1n) is 3.81. The summed E-state index contributed by atoms with van der Waals surface area (Å²) in [4.78, 5) is 0. The lowest BCUT2D eigenvalue weighted by Gasteiger charge is -2.12. The van der Waals surface area contributed by atoms with E-state index >= 15 is 0 Å². The molecule has 0 aliphatic heterocycles. The lowest BCUT2D eigenvalue weighted by atomic mass is 10.3. The van der Waals surface area contributed by atoms with Crippen molar-refractivity contribution >= 4 is 33.3 Å². The molecule has 0 atom stereocenters. The van der Waals surface area contributed by atoms with Gasteiger partial charge in [-0.05, 0) is 0 Å². The predicted molar refractivity (Wildman–Crippen MR) is 52.0 cm³/mol. The highest BCUT2D eigenvalue weighted by Gasteiger charge is 2.49. The van der Waals surface area contributed by atoms with Crippen molar-refractivity contribution in [1.82, 2.24) is 0 Å². The standard InChI is InChI=1S/C7HCl2F5O3S/c8-4-2(10)1-3(11)5(9)6(4)17-18(15,16)7(12,13)14/h1H. The second kappa shape index (κ2) is 4.71. The Kier molecular flexibility index (Phi) is 3.99. The number of rotatable bonds is 2. The topological polar surface area (TPSA) is 43.4 Å². The Bertz CT molecular complexity index is 557. The van der Waals surface area contributed by atoms with Crippen LogP contribution in [0.15, 0.2) is 6.07 Å². The van der Waals surface area contributed by atoms with Crippen LogP contribution < -0.4 is 4.18 Å². The SMILES string of the molecule is O=S(=O)(Oc1c(Cl)c(F)cc(F)c1Cl)C(F)(F)F. The molecule has 0 N–H and O–H groups in total. The van der Waals surface area contributed by atoms with Gasteiger partial charge in [-0.15, -0.1) is 0 Å². The molecule has 0 amide bonds. The Morgan fingerprint density at radius 2 is 1.44 bits per heavy atom. The molecule has 102 valence electrons. The van der Waals surface area contributed by atoms with E-state index in [-0.39, 0.29) is 6.07 Å². The van der Waals surface area contributed by atoms with Crippen LogP contribution in [0.1, 0.15) is 0 Å². The lowest BCUT2D eigenvalue weighted by molar-refractivity contribution is -0.0500. The van der Waals surface area contributed by atoms with Crippen LogP contribution in [0.4, 0.5) is 22.0 Å². The van der Waals surface area contributed by atoms with Gasteiger partial charge >= 0.3 is 15.6 Å². The van der Waals surface area contributed by atoms with Crippen LogP contribution in [-0.4, -0.2) is 13.9 Å². The second-order valence-corrected chi connectivity index (χ2v) is 5.07. The zero-order valence-corrected chi connectivity index (χ0v) is 10.2. The molecule has 0 spiro atoms. The summed E-state index contributed by atoms with van der Waals surface area (Å²) in [6.07, 6.45) is 0. The summed E-state index contributed by atoms with van der Waals surface area (Å²) in [7, 11) is -6.13. The average Bonchev–Trinajstić information content (AvgIpc) is 2.20. The smallest absolute Gasteiger partial charge is 0.373 e. The molecule has 0 bridgehead atoms. The fourth-order valence-electron chi connectivity index (χ4n) is 0.781. The molecule has 0 aliphatic carbocycles. The van der Waals surface area contributed by atoms with Gasteiger partial charge < -0.3 is 4.18 Å². The molecule has 0 aromatic heterocycles. The van der Waals surface area contributed by atoms with E-state index in [0.29, 0.717) is 0 Å². The Hall–Kier alpha value is -0.800. The first kappa shape index (κ1) is 15.3. The summed E-state index contributed by atoms with van der Waals surface area (Å²) in [6, 6.07) is 0.164. The van der Waals surface area contributed by atoms with Crippen molar-refractivity contribution in [2.24, 2.45) is 0 Å². The summed E-state index contributed by atoms with van der Waals surface area (Å²) >= 11 is 10.3. The number of benzene rings is 1. The van der Waals surface area contributed by atoms with Gasteiger partial charge in [0.25, 0.3) is 0 Å². The highest BCUT2D eigenvalue weighted by molar-refractivity contribution is 7.88. The van der Waals surface area contributed by atoms with Crippen molar-refractivity contribution in [3.63, 3.8) is 0 Å². The average molecular weight is 331 g/mol. The maximum absolute atomic E-state index is 12.9. The Morgan fingerprint density at radius 3 is 1.78 bits per heavy atom. The van der Waals surface area contributed by atoms with Crippen molar-refractivity contribution in [2.75, 3.05) is 0 Å². The van der Waals surface area contributed by atoms with Crippen molar-refractivity contribution in [2.45, 2.75) is 5.51 Å². The van der Waals surface area contributed by atoms with Crippen LogP contribution in [0.25, 0.3) is 0 Å². The van der Waals surface area contributed by atoms with Crippen LogP contribution in [0.2, 0.25) is 10.0 Å². The maximum atomic E-state index is 12.9. The quantitative estimate of drug-likeness (QED) is 0.361. The van der Waals surface area contributed by atoms with Gasteiger partial charge in [0.2, 0.25) is 0 Å². The predicted octanol–water partition coefficient (Wildman–Crippen LogP) is 3.50. The van der Waals surface area contributed by atoms with E-state index in [1.807, 2.05) is 0 Å². The van der Waals surface area contributed by atoms with E-state index in [1.165, 1.54) is 0 Å². The van der Waals surface area contributed by atoms with Crippen molar-refractivity contribution < 1.29 is 34.6 Å². The highest BCUT2D eigenvalue weighted by Crippen LogP contribution is 2.39. The van der Waals surface area contributed by atoms with Crippen LogP contribution in [0.3, 0.4) is 0 Å². The van der Waals surface area contributed by atoms with Gasteiger partial charge in [-0.25, -0.2) is 8.78 Å². The van der Waals surface area contributed by atoms with Gasteiger partial charge in [0.15, 0.2) is 5.75 Å². The minimum Gasteiger partial charge on any atom is -0.373 e. The first-order chi connectivity index (χ1) is 7.97. The highest BCUT2D eigenvalue weighted by atomic mass is 35.5. The molecular formula is C7HCl2F5O3S. The normalized spacial score (nSPS) is 12.6. The fourth-order valence-corrected chi connectivity index (χ4v) is 1.78. The largest absolute Gasteiger partial charge is 0.534 e. The lowest BCUT2D eigenvalue weighted by Crippen LogP contribution is -2.28. The van der Waals surface area contributed by atoms with Gasteiger partial charge in [-0.2, -0.15) is 21.6 Å². The minimum absolute atomic E-state index is 0.164. The molecule has 0 radical (unpaired) electrons. The summed E-state index contributed by atoms with van der Waals surface area (Å²) in [5.41, 5.74) is -5.79. The Labute approximate surface area is 107 Å². The molecule has 0 saturated carbocycles. The molecule has 0 unspecified atom stereocenters. The molecule has 1 aromatic carbocycles. The van der Waals surface area contributed by atoms with Gasteiger partial charge in [0, 0.05) is 6.07 Å². The van der Waals surface area contributed by atoms with E-state index in [1.54, 1.807) is 0 Å². The number of alkyl halides is 3. The van der Waals surface area contributed by atoms with Crippen LogP contribution in [0.5, 0.6) is 5.75 Å². The van der Waals surface area contributed by atoms with E-state index < -0.39 is 43.1 Å². The van der Waals surface area contributed by atoms with Gasteiger partial charge in [0.1, 0.15) is 21.7 Å². The third kappa shape index (κ3) is 2.78. The third-order valence-electron chi connectivity index (χ3n) is 1.55. The molecule has 1 rings (SSSR count). The number of hydrogen-bond donors (Lipinski definition) is 0. The number of hydrogen-bond acceptors (Lipinski definition) is 3. The molecule has 0 aliphatic rings. The number of halogens is 7. The zero-order valence-electron chi connectivity index (χ0n) is 7.86. The van der Waals surface area contributed by atoms with Crippen molar-refractivity contribution in [3.05, 3.63) is 27.7 Å². The maximum Gasteiger partial charge on any atom is 0.534 e. The molecule has 0 fully saturated rings. The summed E-state index contributed by atoms with van der Waals surface area (Å²) < 4.78 is 86.6. The first-order valence-corrected chi connectivity index (χ1v) is 5.97. The van der Waals surface area contributed by atoms with Crippen molar-refractivity contribution in [1.29, 1.82) is 0 Å². The monoisotopic (exact) mass is 330 g/mol. The Balaban J connectivity index is 3.38. The van der Waals surface area contributed by atoms with E-state index in [4.69, 9.17) is 23.2 Å². The van der Waals surface area contributed by atoms with E-state index in [9.17, 15) is 30.4 Å². The van der Waals surface area contributed by atoms with E-state index in [2.05, 4.69) is 4.18 Å². The molecule has 18 heavy (non-hydrogen) atoms. The van der Waals surface area contributed by atoms with Crippen LogP contribution in [-0.2, 0) is 10.1 Å². The molecule has 11 heteroatoms. The van der Waals surface area contributed by atoms with Gasteiger partial charge in [-0.1, -0.05) is 23.2 Å². The molecule has 0 heterocycles. The van der Waals surface area contributed by atoms with E-state index in [0.717, 1.165) is 0 Å².